The van der Waals surface area contributed by atoms with E-state index >= 15 is 0 Å². The predicted octanol–water partition coefficient (Wildman–Crippen LogP) is 12.0. The molecule has 3 aromatic carbocycles. The van der Waals surface area contributed by atoms with Crippen molar-refractivity contribution in [3.8, 4) is 11.3 Å². The van der Waals surface area contributed by atoms with Gasteiger partial charge in [-0.3, -0.25) is 9.78 Å². The number of thiophene rings is 1. The number of ketones is 1. The van der Waals surface area contributed by atoms with Gasteiger partial charge in [-0.1, -0.05) is 83.2 Å². The Bertz CT molecular complexity index is 2120. The molecule has 3 heterocycles. The van der Waals surface area contributed by atoms with Crippen molar-refractivity contribution in [2.24, 2.45) is 17.3 Å². The van der Waals surface area contributed by atoms with Crippen molar-refractivity contribution < 1.29 is 35.8 Å². The first-order chi connectivity index (χ1) is 22.9. The number of carbonyl (C=O) groups excluding carboxylic acids is 1. The number of nitrogens with zero attached hydrogens (tertiary/aromatic N) is 2. The van der Waals surface area contributed by atoms with Crippen LogP contribution in [0.4, 0.5) is 0 Å². The average molecular weight is 841 g/mol. The summed E-state index contributed by atoms with van der Waals surface area (Å²) < 4.78 is 16.9. The standard InChI is InChI=1S/C28H23N2OS.C13H24O2.Ir/c1-16-5-7-18-8-9-19(13-20(18)11-16)23-27-24(30-15-29-23)25-26(32-27)21-12-17(14-28(2,3)4)6-10-22(21)31-25;1-5-10(6-2)12(14)9-13(15)11(7-3)8-4;/h5-12,15H,14H2,1-4H3;9-11,14H,5-8H2,1-4H3;/q-1;;/b;12-9-;/i8D;;. The van der Waals surface area contributed by atoms with Crippen LogP contribution in [0, 0.1) is 30.2 Å². The molecule has 0 fully saturated rings. The number of rotatable bonds is 9. The van der Waals surface area contributed by atoms with E-state index in [0.717, 1.165) is 91.2 Å². The molecule has 0 saturated heterocycles. The molecule has 7 heteroatoms. The van der Waals surface area contributed by atoms with Crippen LogP contribution in [0.5, 0.6) is 0 Å². The zero-order chi connectivity index (χ0) is 34.7. The monoisotopic (exact) mass is 841 g/mol. The van der Waals surface area contributed by atoms with Gasteiger partial charge in [0.2, 0.25) is 0 Å². The molecular formula is C41H47IrN2O3S-. The van der Waals surface area contributed by atoms with E-state index in [1.54, 1.807) is 17.7 Å². The summed E-state index contributed by atoms with van der Waals surface area (Å²) in [5.41, 5.74) is 6.79. The van der Waals surface area contributed by atoms with Crippen LogP contribution < -0.4 is 0 Å². The van der Waals surface area contributed by atoms with Gasteiger partial charge >= 0.3 is 0 Å². The molecule has 1 radical (unpaired) electrons. The third-order valence-electron chi connectivity index (χ3n) is 8.82. The fraction of sp³-hybridized carbons (Fsp3) is 0.390. The molecule has 0 atom stereocenters. The van der Waals surface area contributed by atoms with E-state index in [1.165, 1.54) is 11.6 Å². The molecule has 1 N–H and O–H groups in total. The fourth-order valence-corrected chi connectivity index (χ4v) is 7.36. The minimum Gasteiger partial charge on any atom is -0.512 e. The molecule has 6 rings (SSSR count). The molecule has 0 unspecified atom stereocenters. The number of aliphatic hydroxyl groups is 1. The van der Waals surface area contributed by atoms with Gasteiger partial charge in [-0.25, -0.2) is 4.98 Å². The third kappa shape index (κ3) is 8.25. The zero-order valence-electron chi connectivity index (χ0n) is 30.3. The summed E-state index contributed by atoms with van der Waals surface area (Å²) in [6.07, 6.45) is 7.49. The van der Waals surface area contributed by atoms with E-state index in [0.29, 0.717) is 6.04 Å². The van der Waals surface area contributed by atoms with Gasteiger partial charge in [-0.05, 0) is 62.1 Å². The number of furan rings is 1. The first-order valence-corrected chi connectivity index (χ1v) is 17.7. The zero-order valence-corrected chi connectivity index (χ0v) is 32.5. The number of aromatic nitrogens is 2. The molecular weight excluding hydrogens is 793 g/mol. The fourth-order valence-electron chi connectivity index (χ4n) is 6.15. The number of carbonyl (C=O) groups is 1. The maximum Gasteiger partial charge on any atom is 0.171 e. The quantitative estimate of drug-likeness (QED) is 0.0891. The summed E-state index contributed by atoms with van der Waals surface area (Å²) in [5, 5.41) is 12.7. The van der Waals surface area contributed by atoms with Gasteiger partial charge in [-0.2, -0.15) is 0 Å². The number of aliphatic hydroxyl groups excluding tert-OH is 1. The predicted molar refractivity (Wildman–Crippen MR) is 198 cm³/mol. The van der Waals surface area contributed by atoms with Crippen molar-refractivity contribution in [1.82, 2.24) is 9.97 Å². The number of fused-ring (bicyclic) bond motifs is 6. The first-order valence-electron chi connectivity index (χ1n) is 17.3. The summed E-state index contributed by atoms with van der Waals surface area (Å²) in [5.74, 6) is 0.547. The molecule has 0 bridgehead atoms. The van der Waals surface area contributed by atoms with Crippen LogP contribution in [0.1, 0.15) is 86.6 Å². The largest absolute Gasteiger partial charge is 0.512 e. The molecule has 255 valence electrons. The molecule has 0 spiro atoms. The summed E-state index contributed by atoms with van der Waals surface area (Å²) in [6, 6.07) is 18.4. The van der Waals surface area contributed by atoms with Gasteiger partial charge in [0.1, 0.15) is 17.4 Å². The van der Waals surface area contributed by atoms with E-state index in [9.17, 15) is 9.90 Å². The second-order valence-electron chi connectivity index (χ2n) is 13.7. The molecule has 0 aliphatic heterocycles. The van der Waals surface area contributed by atoms with Crippen LogP contribution >= 0.6 is 11.3 Å². The summed E-state index contributed by atoms with van der Waals surface area (Å²) in [7, 11) is 0. The minimum atomic E-state index is 0. The second kappa shape index (κ2) is 15.9. The molecule has 0 aliphatic carbocycles. The Morgan fingerprint density at radius 3 is 2.38 bits per heavy atom. The van der Waals surface area contributed by atoms with Gasteiger partial charge in [0.15, 0.2) is 11.4 Å². The Balaban J connectivity index is 0.000000290. The molecule has 6 aromatic rings. The minimum absolute atomic E-state index is 0. The van der Waals surface area contributed by atoms with Crippen LogP contribution in [0.3, 0.4) is 0 Å². The Morgan fingerprint density at radius 1 is 1.00 bits per heavy atom. The van der Waals surface area contributed by atoms with Crippen LogP contribution in [0.15, 0.2) is 71.1 Å². The van der Waals surface area contributed by atoms with Gasteiger partial charge in [0, 0.05) is 50.5 Å². The number of hydrogen-bond donors (Lipinski definition) is 1. The molecule has 5 nitrogen and oxygen atoms in total. The molecule has 3 aromatic heterocycles. The van der Waals surface area contributed by atoms with Crippen molar-refractivity contribution >= 4 is 59.4 Å². The van der Waals surface area contributed by atoms with Gasteiger partial charge in [0.25, 0.3) is 0 Å². The second-order valence-corrected chi connectivity index (χ2v) is 14.7. The Labute approximate surface area is 303 Å². The Hall–Kier alpha value is -3.38. The number of benzene rings is 3. The van der Waals surface area contributed by atoms with E-state index < -0.39 is 0 Å². The van der Waals surface area contributed by atoms with Gasteiger partial charge < -0.3 is 9.52 Å². The van der Waals surface area contributed by atoms with E-state index in [2.05, 4.69) is 68.0 Å². The summed E-state index contributed by atoms with van der Waals surface area (Å²) in [6.45, 7) is 16.9. The first kappa shape index (κ1) is 35.9. The van der Waals surface area contributed by atoms with Crippen LogP contribution in [-0.2, 0) is 31.3 Å². The van der Waals surface area contributed by atoms with Gasteiger partial charge in [-0.15, -0.1) is 41.0 Å². The van der Waals surface area contributed by atoms with Crippen LogP contribution in [-0.4, -0.2) is 20.9 Å². The van der Waals surface area contributed by atoms with E-state index in [4.69, 9.17) is 5.79 Å². The van der Waals surface area contributed by atoms with E-state index in [-0.39, 0.29) is 48.9 Å². The van der Waals surface area contributed by atoms with Crippen LogP contribution in [0.2, 0.25) is 0 Å². The third-order valence-corrected chi connectivity index (χ3v) is 10.0. The number of allylic oxidation sites excluding steroid dienone is 2. The van der Waals surface area contributed by atoms with Gasteiger partial charge in [0.05, 0.1) is 15.2 Å². The van der Waals surface area contributed by atoms with Crippen LogP contribution in [0.25, 0.3) is 53.5 Å². The normalized spacial score (nSPS) is 12.5. The van der Waals surface area contributed by atoms with Crippen molar-refractivity contribution in [2.45, 2.75) is 87.5 Å². The maximum atomic E-state index is 11.7. The Morgan fingerprint density at radius 2 is 1.71 bits per heavy atom. The smallest absolute Gasteiger partial charge is 0.171 e. The van der Waals surface area contributed by atoms with Crippen molar-refractivity contribution in [1.29, 1.82) is 0 Å². The SMILES string of the molecule is CCC(CC)C(=O)/C=C(\O)C(CC)CC.[2H]c1cc(-c2ncnc3c2sc2c4cc(CC(C)(C)C)ccc4oc32)[c-]c2cc(C)ccc12.[Ir]. The van der Waals surface area contributed by atoms with Crippen molar-refractivity contribution in [3.63, 3.8) is 0 Å². The van der Waals surface area contributed by atoms with Crippen molar-refractivity contribution in [2.75, 3.05) is 0 Å². The topological polar surface area (TPSA) is 76.2 Å². The average Bonchev–Trinajstić information content (AvgIpc) is 3.58. The van der Waals surface area contributed by atoms with E-state index in [1.807, 2.05) is 45.9 Å². The number of aryl methyl sites for hydroxylation is 1. The molecule has 0 saturated carbocycles. The van der Waals surface area contributed by atoms with Crippen molar-refractivity contribution in [3.05, 3.63) is 83.9 Å². The summed E-state index contributed by atoms with van der Waals surface area (Å²) in [4.78, 5) is 20.9. The maximum absolute atomic E-state index is 11.7. The number of hydrogen-bond acceptors (Lipinski definition) is 6. The summed E-state index contributed by atoms with van der Waals surface area (Å²) >= 11 is 1.66. The molecule has 0 aliphatic rings. The molecule has 48 heavy (non-hydrogen) atoms. The Kier molecular flexibility index (Phi) is 11.9. The molecule has 0 amide bonds.